The molecule has 0 saturated heterocycles. The second-order valence-corrected chi connectivity index (χ2v) is 6.99. The fraction of sp³-hybridized carbons (Fsp3) is 0.158. The molecular formula is C19H18N2O2S2. The van der Waals surface area contributed by atoms with Crippen LogP contribution in [-0.2, 0) is 11.2 Å². The van der Waals surface area contributed by atoms with Crippen molar-refractivity contribution in [3.8, 4) is 0 Å². The highest BCUT2D eigenvalue weighted by atomic mass is 32.1. The van der Waals surface area contributed by atoms with Crippen LogP contribution in [0.1, 0.15) is 22.2 Å². The zero-order chi connectivity index (χ0) is 17.8. The van der Waals surface area contributed by atoms with E-state index < -0.39 is 0 Å². The number of ether oxygens (including phenoxy) is 1. The Hall–Kier alpha value is -2.44. The Morgan fingerprint density at radius 1 is 1.12 bits per heavy atom. The summed E-state index contributed by atoms with van der Waals surface area (Å²) in [5.41, 5.74) is 1.40. The van der Waals surface area contributed by atoms with Gasteiger partial charge in [-0.05, 0) is 47.6 Å². The van der Waals surface area contributed by atoms with Crippen molar-refractivity contribution >= 4 is 56.1 Å². The molecule has 1 aromatic heterocycles. The normalized spacial score (nSPS) is 10.5. The fourth-order valence-electron chi connectivity index (χ4n) is 2.50. The second-order valence-electron chi connectivity index (χ2n) is 5.44. The Morgan fingerprint density at radius 2 is 1.88 bits per heavy atom. The maximum atomic E-state index is 11.9. The van der Waals surface area contributed by atoms with Crippen LogP contribution in [-0.4, -0.2) is 18.2 Å². The lowest BCUT2D eigenvalue weighted by atomic mass is 10.1. The van der Waals surface area contributed by atoms with Gasteiger partial charge in [-0.2, -0.15) is 0 Å². The summed E-state index contributed by atoms with van der Waals surface area (Å²) in [6.07, 6.45) is 0.848. The maximum Gasteiger partial charge on any atom is 0.340 e. The molecule has 0 aliphatic heterocycles. The van der Waals surface area contributed by atoms with Crippen LogP contribution in [0.4, 0.5) is 10.7 Å². The minimum Gasteiger partial charge on any atom is -0.465 e. The van der Waals surface area contributed by atoms with Gasteiger partial charge in [0.25, 0.3) is 0 Å². The average molecular weight is 370 g/mol. The zero-order valence-corrected chi connectivity index (χ0v) is 15.6. The fourth-order valence-corrected chi connectivity index (χ4v) is 3.78. The lowest BCUT2D eigenvalue weighted by Gasteiger charge is -2.11. The summed E-state index contributed by atoms with van der Waals surface area (Å²) in [5.74, 6) is -0.369. The van der Waals surface area contributed by atoms with Crippen LogP contribution < -0.4 is 10.6 Å². The second kappa shape index (κ2) is 7.63. The van der Waals surface area contributed by atoms with Crippen LogP contribution >= 0.6 is 23.6 Å². The minimum atomic E-state index is -0.369. The number of methoxy groups -OCH3 is 1. The van der Waals surface area contributed by atoms with Crippen molar-refractivity contribution in [2.75, 3.05) is 17.7 Å². The number of hydrogen-bond acceptors (Lipinski definition) is 4. The van der Waals surface area contributed by atoms with Crippen molar-refractivity contribution in [3.05, 3.63) is 59.0 Å². The number of rotatable bonds is 4. The summed E-state index contributed by atoms with van der Waals surface area (Å²) in [6.45, 7) is 2.04. The third kappa shape index (κ3) is 3.97. The number of benzene rings is 2. The minimum absolute atomic E-state index is 0.369. The molecule has 2 aromatic carbocycles. The molecule has 0 radical (unpaired) electrons. The first kappa shape index (κ1) is 17.4. The summed E-state index contributed by atoms with van der Waals surface area (Å²) in [6, 6.07) is 16.0. The molecule has 0 saturated carbocycles. The Kier molecular flexibility index (Phi) is 5.31. The van der Waals surface area contributed by atoms with Crippen LogP contribution in [0.15, 0.2) is 48.5 Å². The van der Waals surface area contributed by atoms with E-state index in [4.69, 9.17) is 17.0 Å². The molecule has 6 heteroatoms. The number of aryl methyl sites for hydroxylation is 1. The Morgan fingerprint density at radius 3 is 2.60 bits per heavy atom. The van der Waals surface area contributed by atoms with E-state index in [0.29, 0.717) is 15.7 Å². The molecule has 0 amide bonds. The van der Waals surface area contributed by atoms with E-state index in [0.717, 1.165) is 22.4 Å². The molecule has 0 atom stereocenters. The molecule has 4 nitrogen and oxygen atoms in total. The number of anilines is 2. The molecule has 0 aliphatic rings. The van der Waals surface area contributed by atoms with Crippen LogP contribution in [0.25, 0.3) is 10.8 Å². The number of thiophene rings is 1. The van der Waals surface area contributed by atoms with Gasteiger partial charge < -0.3 is 15.4 Å². The van der Waals surface area contributed by atoms with Gasteiger partial charge in [0.15, 0.2) is 5.11 Å². The molecule has 0 bridgehead atoms. The summed E-state index contributed by atoms with van der Waals surface area (Å²) in [7, 11) is 1.38. The van der Waals surface area contributed by atoms with E-state index in [9.17, 15) is 4.79 Å². The van der Waals surface area contributed by atoms with Gasteiger partial charge in [0.05, 0.1) is 12.7 Å². The Bertz CT molecular complexity index is 934. The van der Waals surface area contributed by atoms with E-state index >= 15 is 0 Å². The number of nitrogens with one attached hydrogen (secondary N) is 2. The zero-order valence-electron chi connectivity index (χ0n) is 14.0. The van der Waals surface area contributed by atoms with Crippen molar-refractivity contribution < 1.29 is 9.53 Å². The molecule has 3 rings (SSSR count). The molecule has 0 spiro atoms. The third-order valence-electron chi connectivity index (χ3n) is 3.77. The van der Waals surface area contributed by atoms with Crippen molar-refractivity contribution in [2.45, 2.75) is 13.3 Å². The van der Waals surface area contributed by atoms with E-state index in [-0.39, 0.29) is 5.97 Å². The highest BCUT2D eigenvalue weighted by Gasteiger charge is 2.17. The monoisotopic (exact) mass is 370 g/mol. The number of esters is 1. The van der Waals surface area contributed by atoms with Gasteiger partial charge in [-0.1, -0.05) is 37.3 Å². The molecule has 128 valence electrons. The molecule has 0 fully saturated rings. The lowest BCUT2D eigenvalue weighted by Crippen LogP contribution is -2.19. The van der Waals surface area contributed by atoms with Gasteiger partial charge in [-0.15, -0.1) is 11.3 Å². The summed E-state index contributed by atoms with van der Waals surface area (Å²) < 4.78 is 4.85. The van der Waals surface area contributed by atoms with Gasteiger partial charge >= 0.3 is 5.97 Å². The standard InChI is InChI=1S/C19H18N2O2S2/c1-3-15-11-16(18(22)23-2)17(25-15)21-19(24)20-14-9-8-12-6-4-5-7-13(12)10-14/h4-11H,3H2,1-2H3,(H2,20,21,24). The SMILES string of the molecule is CCc1cc(C(=O)OC)c(NC(=S)Nc2ccc3ccccc3c2)s1. The van der Waals surface area contributed by atoms with Gasteiger partial charge in [0, 0.05) is 10.6 Å². The summed E-state index contributed by atoms with van der Waals surface area (Å²) >= 11 is 6.91. The number of fused-ring (bicyclic) bond motifs is 1. The van der Waals surface area contributed by atoms with Crippen LogP contribution in [0.3, 0.4) is 0 Å². The first-order chi connectivity index (χ1) is 12.1. The highest BCUT2D eigenvalue weighted by Crippen LogP contribution is 2.29. The van der Waals surface area contributed by atoms with E-state index in [1.54, 1.807) is 0 Å². The predicted molar refractivity (Wildman–Crippen MR) is 109 cm³/mol. The Balaban J connectivity index is 1.77. The third-order valence-corrected chi connectivity index (χ3v) is 5.17. The maximum absolute atomic E-state index is 11.9. The molecule has 3 aromatic rings. The van der Waals surface area contributed by atoms with Gasteiger partial charge in [-0.3, -0.25) is 0 Å². The van der Waals surface area contributed by atoms with Crippen molar-refractivity contribution in [1.82, 2.24) is 0 Å². The predicted octanol–water partition coefficient (Wildman–Crippen LogP) is 5.06. The summed E-state index contributed by atoms with van der Waals surface area (Å²) in [5, 5.41) is 9.72. The average Bonchev–Trinajstić information content (AvgIpc) is 3.03. The van der Waals surface area contributed by atoms with Crippen molar-refractivity contribution in [1.29, 1.82) is 0 Å². The number of thiocarbonyl (C=S) groups is 1. The van der Waals surface area contributed by atoms with E-state index in [2.05, 4.69) is 22.8 Å². The van der Waals surface area contributed by atoms with Gasteiger partial charge in [0.2, 0.25) is 0 Å². The molecular weight excluding hydrogens is 352 g/mol. The van der Waals surface area contributed by atoms with Gasteiger partial charge in [0.1, 0.15) is 5.00 Å². The van der Waals surface area contributed by atoms with Crippen LogP contribution in [0.2, 0.25) is 0 Å². The highest BCUT2D eigenvalue weighted by molar-refractivity contribution is 7.80. The summed E-state index contributed by atoms with van der Waals surface area (Å²) in [4.78, 5) is 13.0. The number of carbonyl (C=O) groups excluding carboxylic acids is 1. The molecule has 25 heavy (non-hydrogen) atoms. The molecule has 0 aliphatic carbocycles. The first-order valence-electron chi connectivity index (χ1n) is 7.88. The van der Waals surface area contributed by atoms with Crippen LogP contribution in [0, 0.1) is 0 Å². The van der Waals surface area contributed by atoms with Crippen molar-refractivity contribution in [3.63, 3.8) is 0 Å². The van der Waals surface area contributed by atoms with Crippen LogP contribution in [0.5, 0.6) is 0 Å². The van der Waals surface area contributed by atoms with E-state index in [1.165, 1.54) is 23.8 Å². The molecule has 2 N–H and O–H groups in total. The topological polar surface area (TPSA) is 50.4 Å². The largest absolute Gasteiger partial charge is 0.465 e. The lowest BCUT2D eigenvalue weighted by molar-refractivity contribution is 0.0602. The quantitative estimate of drug-likeness (QED) is 0.497. The molecule has 0 unspecified atom stereocenters. The first-order valence-corrected chi connectivity index (χ1v) is 9.11. The number of hydrogen-bond donors (Lipinski definition) is 2. The van der Waals surface area contributed by atoms with Gasteiger partial charge in [-0.25, -0.2) is 4.79 Å². The smallest absolute Gasteiger partial charge is 0.340 e. The van der Waals surface area contributed by atoms with E-state index in [1.807, 2.05) is 43.3 Å². The Labute approximate surface area is 155 Å². The number of carbonyl (C=O) groups is 1. The van der Waals surface area contributed by atoms with Crippen molar-refractivity contribution in [2.24, 2.45) is 0 Å². The molecule has 1 heterocycles.